The fraction of sp³-hybridized carbons (Fsp3) is 0.500. The van der Waals surface area contributed by atoms with Gasteiger partial charge in [0.15, 0.2) is 9.84 Å². The molecule has 1 N–H and O–H groups in total. The smallest absolute Gasteiger partial charge is 0.175 e. The highest BCUT2D eigenvalue weighted by molar-refractivity contribution is 7.90. The molecule has 0 aliphatic heterocycles. The molecule has 0 aromatic heterocycles. The van der Waals surface area contributed by atoms with Crippen molar-refractivity contribution in [2.24, 2.45) is 0 Å². The predicted octanol–water partition coefficient (Wildman–Crippen LogP) is 1.93. The van der Waals surface area contributed by atoms with Gasteiger partial charge < -0.3 is 10.1 Å². The zero-order valence-electron chi connectivity index (χ0n) is 10.4. The first-order valence-corrected chi connectivity index (χ1v) is 7.42. The van der Waals surface area contributed by atoms with E-state index in [4.69, 9.17) is 4.74 Å². The van der Waals surface area contributed by atoms with Gasteiger partial charge in [-0.2, -0.15) is 0 Å². The van der Waals surface area contributed by atoms with Crippen LogP contribution in [0.25, 0.3) is 0 Å². The van der Waals surface area contributed by atoms with Gasteiger partial charge in [0.05, 0.1) is 11.5 Å². The summed E-state index contributed by atoms with van der Waals surface area (Å²) < 4.78 is 27.7. The molecule has 17 heavy (non-hydrogen) atoms. The summed E-state index contributed by atoms with van der Waals surface area (Å²) in [4.78, 5) is 0.336. The minimum absolute atomic E-state index is 0.240. The Morgan fingerprint density at radius 1 is 1.29 bits per heavy atom. The van der Waals surface area contributed by atoms with Crippen LogP contribution >= 0.6 is 0 Å². The van der Waals surface area contributed by atoms with E-state index in [0.717, 1.165) is 12.1 Å². The van der Waals surface area contributed by atoms with Crippen molar-refractivity contribution < 1.29 is 13.2 Å². The summed E-state index contributed by atoms with van der Waals surface area (Å²) >= 11 is 0. The molecule has 1 atom stereocenters. The molecular weight excluding hydrogens is 238 g/mol. The van der Waals surface area contributed by atoms with Gasteiger partial charge in [0.2, 0.25) is 0 Å². The Labute approximate surface area is 103 Å². The van der Waals surface area contributed by atoms with Crippen LogP contribution < -0.4 is 5.32 Å². The molecule has 1 aromatic rings. The number of rotatable bonds is 6. The fourth-order valence-electron chi connectivity index (χ4n) is 1.50. The van der Waals surface area contributed by atoms with Crippen molar-refractivity contribution >= 4 is 15.5 Å². The van der Waals surface area contributed by atoms with Crippen LogP contribution in [0, 0.1) is 0 Å². The third-order valence-corrected chi connectivity index (χ3v) is 3.64. The van der Waals surface area contributed by atoms with Crippen LogP contribution in [0.3, 0.4) is 0 Å². The van der Waals surface area contributed by atoms with Crippen molar-refractivity contribution in [3.8, 4) is 0 Å². The summed E-state index contributed by atoms with van der Waals surface area (Å²) in [5.74, 6) is 0. The minimum Gasteiger partial charge on any atom is -0.383 e. The largest absolute Gasteiger partial charge is 0.383 e. The topological polar surface area (TPSA) is 55.4 Å². The number of anilines is 1. The summed E-state index contributed by atoms with van der Waals surface area (Å²) in [6, 6.07) is 7.00. The average Bonchev–Trinajstić information content (AvgIpc) is 2.28. The van der Waals surface area contributed by atoms with E-state index in [0.29, 0.717) is 11.5 Å². The molecule has 96 valence electrons. The second kappa shape index (κ2) is 6.02. The highest BCUT2D eigenvalue weighted by Gasteiger charge is 2.08. The molecule has 0 saturated heterocycles. The monoisotopic (exact) mass is 257 g/mol. The quantitative estimate of drug-likeness (QED) is 0.846. The molecular formula is C12H19NO3S. The van der Waals surface area contributed by atoms with Gasteiger partial charge in [-0.25, -0.2) is 8.42 Å². The predicted molar refractivity (Wildman–Crippen MR) is 69.1 cm³/mol. The Morgan fingerprint density at radius 2 is 1.88 bits per heavy atom. The van der Waals surface area contributed by atoms with Crippen molar-refractivity contribution in [3.05, 3.63) is 24.3 Å². The Morgan fingerprint density at radius 3 is 2.29 bits per heavy atom. The molecule has 0 aliphatic rings. The van der Waals surface area contributed by atoms with Crippen LogP contribution in [-0.4, -0.2) is 34.4 Å². The normalized spacial score (nSPS) is 13.4. The van der Waals surface area contributed by atoms with Crippen LogP contribution in [0.5, 0.6) is 0 Å². The van der Waals surface area contributed by atoms with Crippen LogP contribution in [0.2, 0.25) is 0 Å². The highest BCUT2D eigenvalue weighted by Crippen LogP contribution is 2.15. The number of benzene rings is 1. The van der Waals surface area contributed by atoms with Gasteiger partial charge in [-0.3, -0.25) is 0 Å². The molecule has 1 aromatic carbocycles. The Hall–Kier alpha value is -1.07. The first-order chi connectivity index (χ1) is 7.97. The van der Waals surface area contributed by atoms with Crippen molar-refractivity contribution in [3.63, 3.8) is 0 Å². The number of hydrogen-bond acceptors (Lipinski definition) is 4. The van der Waals surface area contributed by atoms with Crippen molar-refractivity contribution in [2.75, 3.05) is 25.3 Å². The number of methoxy groups -OCH3 is 1. The van der Waals surface area contributed by atoms with Gasteiger partial charge in [-0.1, -0.05) is 6.92 Å². The number of nitrogens with one attached hydrogen (secondary N) is 1. The summed E-state index contributed by atoms with van der Waals surface area (Å²) in [6.07, 6.45) is 2.15. The Bertz CT molecular complexity index is 439. The zero-order valence-corrected chi connectivity index (χ0v) is 11.3. The van der Waals surface area contributed by atoms with Crippen molar-refractivity contribution in [1.82, 2.24) is 0 Å². The number of hydrogen-bond donors (Lipinski definition) is 1. The van der Waals surface area contributed by atoms with Crippen molar-refractivity contribution in [2.45, 2.75) is 24.3 Å². The van der Waals surface area contributed by atoms with E-state index >= 15 is 0 Å². The summed E-state index contributed by atoms with van der Waals surface area (Å²) in [5.41, 5.74) is 0.904. The second-order valence-electron chi connectivity index (χ2n) is 4.00. The molecule has 0 saturated carbocycles. The molecule has 0 radical (unpaired) electrons. The molecule has 0 fully saturated rings. The maximum atomic E-state index is 11.3. The van der Waals surface area contributed by atoms with Crippen LogP contribution in [0.15, 0.2) is 29.2 Å². The van der Waals surface area contributed by atoms with Crippen molar-refractivity contribution in [1.29, 1.82) is 0 Å². The van der Waals surface area contributed by atoms with E-state index in [1.807, 2.05) is 0 Å². The molecule has 1 rings (SSSR count). The maximum Gasteiger partial charge on any atom is 0.175 e. The van der Waals surface area contributed by atoms with E-state index in [1.165, 1.54) is 6.26 Å². The lowest BCUT2D eigenvalue weighted by Gasteiger charge is -2.17. The molecule has 0 heterocycles. The molecule has 5 heteroatoms. The van der Waals surface area contributed by atoms with E-state index in [9.17, 15) is 8.42 Å². The van der Waals surface area contributed by atoms with E-state index in [-0.39, 0.29) is 6.04 Å². The van der Waals surface area contributed by atoms with E-state index < -0.39 is 9.84 Å². The van der Waals surface area contributed by atoms with Gasteiger partial charge >= 0.3 is 0 Å². The lowest BCUT2D eigenvalue weighted by molar-refractivity contribution is 0.184. The summed E-state index contributed by atoms with van der Waals surface area (Å²) in [7, 11) is -1.45. The van der Waals surface area contributed by atoms with Gasteiger partial charge in [0.25, 0.3) is 0 Å². The van der Waals surface area contributed by atoms with Crippen LogP contribution in [0.1, 0.15) is 13.3 Å². The van der Waals surface area contributed by atoms with E-state index in [1.54, 1.807) is 31.4 Å². The zero-order chi connectivity index (χ0) is 12.9. The van der Waals surface area contributed by atoms with Gasteiger partial charge in [0.1, 0.15) is 0 Å². The Kier molecular flexibility index (Phi) is 4.96. The number of sulfone groups is 1. The fourth-order valence-corrected chi connectivity index (χ4v) is 2.13. The van der Waals surface area contributed by atoms with Crippen LogP contribution in [-0.2, 0) is 14.6 Å². The molecule has 0 spiro atoms. The molecule has 0 bridgehead atoms. The molecule has 0 aliphatic carbocycles. The minimum atomic E-state index is -3.12. The third kappa shape index (κ3) is 4.36. The lowest BCUT2D eigenvalue weighted by Crippen LogP contribution is -2.23. The SMILES string of the molecule is CCC(COC)Nc1ccc(S(C)(=O)=O)cc1. The maximum absolute atomic E-state index is 11.3. The molecule has 1 unspecified atom stereocenters. The van der Waals surface area contributed by atoms with Crippen LogP contribution in [0.4, 0.5) is 5.69 Å². The summed E-state index contributed by atoms with van der Waals surface area (Å²) in [6.45, 7) is 2.70. The summed E-state index contributed by atoms with van der Waals surface area (Å²) in [5, 5.41) is 3.29. The van der Waals surface area contributed by atoms with E-state index in [2.05, 4.69) is 12.2 Å². The van der Waals surface area contributed by atoms with Gasteiger partial charge in [-0.05, 0) is 30.7 Å². The molecule has 0 amide bonds. The average molecular weight is 257 g/mol. The van der Waals surface area contributed by atoms with Gasteiger partial charge in [0, 0.05) is 25.1 Å². The second-order valence-corrected chi connectivity index (χ2v) is 6.02. The number of ether oxygens (including phenoxy) is 1. The Balaban J connectivity index is 2.74. The highest BCUT2D eigenvalue weighted by atomic mass is 32.2. The standard InChI is InChI=1S/C12H19NO3S/c1-4-10(9-16-2)13-11-5-7-12(8-6-11)17(3,14)15/h5-8,10,13H,4,9H2,1-3H3. The lowest BCUT2D eigenvalue weighted by atomic mass is 10.2. The third-order valence-electron chi connectivity index (χ3n) is 2.51. The molecule has 4 nitrogen and oxygen atoms in total. The first-order valence-electron chi connectivity index (χ1n) is 5.53. The first kappa shape index (κ1) is 14.0. The van der Waals surface area contributed by atoms with Gasteiger partial charge in [-0.15, -0.1) is 0 Å².